The zero-order chi connectivity index (χ0) is 15.0. The molecule has 0 aliphatic rings. The van der Waals surface area contributed by atoms with E-state index in [1.165, 1.54) is 5.56 Å². The van der Waals surface area contributed by atoms with E-state index in [0.29, 0.717) is 0 Å². The SMILES string of the molecule is CCC(C)NC(=O)NC(C)CCc1ccc(OC)cc1. The first-order chi connectivity index (χ1) is 9.55. The smallest absolute Gasteiger partial charge is 0.315 e. The molecule has 0 aliphatic heterocycles. The Morgan fingerprint density at radius 1 is 1.15 bits per heavy atom. The van der Waals surface area contributed by atoms with Gasteiger partial charge in [-0.1, -0.05) is 19.1 Å². The lowest BCUT2D eigenvalue weighted by atomic mass is 10.1. The third-order valence-electron chi connectivity index (χ3n) is 3.39. The van der Waals surface area contributed by atoms with Gasteiger partial charge in [0.25, 0.3) is 0 Å². The Hall–Kier alpha value is -1.71. The third kappa shape index (κ3) is 5.95. The van der Waals surface area contributed by atoms with E-state index < -0.39 is 0 Å². The molecule has 0 aliphatic carbocycles. The second kappa shape index (κ2) is 8.46. The molecule has 0 saturated heterocycles. The molecule has 0 spiro atoms. The van der Waals surface area contributed by atoms with E-state index in [4.69, 9.17) is 4.74 Å². The van der Waals surface area contributed by atoms with E-state index in [1.54, 1.807) is 7.11 Å². The molecule has 0 saturated carbocycles. The minimum Gasteiger partial charge on any atom is -0.497 e. The second-order valence-electron chi connectivity index (χ2n) is 5.21. The van der Waals surface area contributed by atoms with E-state index in [2.05, 4.69) is 29.7 Å². The van der Waals surface area contributed by atoms with Crippen LogP contribution < -0.4 is 15.4 Å². The van der Waals surface area contributed by atoms with Crippen LogP contribution in [0, 0.1) is 0 Å². The molecule has 2 atom stereocenters. The molecule has 0 radical (unpaired) electrons. The Bertz CT molecular complexity index is 403. The van der Waals surface area contributed by atoms with Crippen LogP contribution in [0.2, 0.25) is 0 Å². The number of methoxy groups -OCH3 is 1. The predicted molar refractivity (Wildman–Crippen MR) is 82.2 cm³/mol. The van der Waals surface area contributed by atoms with Crippen molar-refractivity contribution < 1.29 is 9.53 Å². The predicted octanol–water partition coefficient (Wildman–Crippen LogP) is 3.11. The fourth-order valence-electron chi connectivity index (χ4n) is 1.84. The van der Waals surface area contributed by atoms with Crippen molar-refractivity contribution in [1.82, 2.24) is 10.6 Å². The number of nitrogens with one attached hydrogen (secondary N) is 2. The van der Waals surface area contributed by atoms with Gasteiger partial charge >= 0.3 is 6.03 Å². The molecule has 0 aromatic heterocycles. The fourth-order valence-corrected chi connectivity index (χ4v) is 1.84. The molecule has 1 rings (SSSR count). The molecular weight excluding hydrogens is 252 g/mol. The third-order valence-corrected chi connectivity index (χ3v) is 3.39. The summed E-state index contributed by atoms with van der Waals surface area (Å²) in [6.07, 6.45) is 2.79. The summed E-state index contributed by atoms with van der Waals surface area (Å²) in [6.45, 7) is 6.08. The highest BCUT2D eigenvalue weighted by Gasteiger charge is 2.09. The van der Waals surface area contributed by atoms with Crippen LogP contribution in [0.5, 0.6) is 5.75 Å². The summed E-state index contributed by atoms with van der Waals surface area (Å²) in [5.41, 5.74) is 1.25. The van der Waals surface area contributed by atoms with E-state index in [0.717, 1.165) is 25.0 Å². The number of ether oxygens (including phenoxy) is 1. The molecule has 4 heteroatoms. The highest BCUT2D eigenvalue weighted by atomic mass is 16.5. The van der Waals surface area contributed by atoms with Crippen molar-refractivity contribution in [2.45, 2.75) is 52.1 Å². The molecular formula is C16H26N2O2. The molecule has 4 nitrogen and oxygen atoms in total. The number of carbonyl (C=O) groups is 1. The molecule has 1 aromatic carbocycles. The van der Waals surface area contributed by atoms with Crippen LogP contribution in [0.4, 0.5) is 4.79 Å². The number of hydrogen-bond acceptors (Lipinski definition) is 2. The van der Waals surface area contributed by atoms with Gasteiger partial charge in [0.05, 0.1) is 7.11 Å². The number of hydrogen-bond donors (Lipinski definition) is 2. The van der Waals surface area contributed by atoms with Gasteiger partial charge in [0.1, 0.15) is 5.75 Å². The molecule has 0 fully saturated rings. The van der Waals surface area contributed by atoms with Crippen molar-refractivity contribution in [1.29, 1.82) is 0 Å². The maximum absolute atomic E-state index is 11.7. The highest BCUT2D eigenvalue weighted by Crippen LogP contribution is 2.13. The van der Waals surface area contributed by atoms with Gasteiger partial charge in [0, 0.05) is 12.1 Å². The minimum absolute atomic E-state index is 0.0819. The topological polar surface area (TPSA) is 50.4 Å². The van der Waals surface area contributed by atoms with Gasteiger partial charge in [-0.3, -0.25) is 0 Å². The summed E-state index contributed by atoms with van der Waals surface area (Å²) in [5.74, 6) is 0.868. The van der Waals surface area contributed by atoms with Crippen molar-refractivity contribution in [3.05, 3.63) is 29.8 Å². The summed E-state index contributed by atoms with van der Waals surface area (Å²) in [4.78, 5) is 11.7. The first-order valence-corrected chi connectivity index (χ1v) is 7.25. The Balaban J connectivity index is 2.31. The van der Waals surface area contributed by atoms with Crippen LogP contribution in [0.1, 0.15) is 39.2 Å². The summed E-state index contributed by atoms with van der Waals surface area (Å²) in [6, 6.07) is 8.33. The molecule has 112 valence electrons. The average molecular weight is 278 g/mol. The standard InChI is InChI=1S/C16H26N2O2/c1-5-12(2)17-16(19)18-13(3)6-7-14-8-10-15(20-4)11-9-14/h8-13H,5-7H2,1-4H3,(H2,17,18,19). The lowest BCUT2D eigenvalue weighted by Crippen LogP contribution is -2.44. The second-order valence-corrected chi connectivity index (χ2v) is 5.21. The van der Waals surface area contributed by atoms with Crippen LogP contribution >= 0.6 is 0 Å². The number of rotatable bonds is 7. The molecule has 1 aromatic rings. The highest BCUT2D eigenvalue weighted by molar-refractivity contribution is 5.74. The van der Waals surface area contributed by atoms with Crippen molar-refractivity contribution >= 4 is 6.03 Å². The first-order valence-electron chi connectivity index (χ1n) is 7.25. The molecule has 2 amide bonds. The van der Waals surface area contributed by atoms with Crippen LogP contribution in [0.25, 0.3) is 0 Å². The van der Waals surface area contributed by atoms with Crippen LogP contribution in [-0.4, -0.2) is 25.2 Å². The maximum Gasteiger partial charge on any atom is 0.315 e. The lowest BCUT2D eigenvalue weighted by Gasteiger charge is -2.17. The van der Waals surface area contributed by atoms with Crippen molar-refractivity contribution in [3.8, 4) is 5.75 Å². The van der Waals surface area contributed by atoms with Gasteiger partial charge in [-0.05, 0) is 50.8 Å². The number of carbonyl (C=O) groups excluding carboxylic acids is 1. The molecule has 0 bridgehead atoms. The van der Waals surface area contributed by atoms with E-state index in [9.17, 15) is 4.79 Å². The first kappa shape index (κ1) is 16.3. The number of amides is 2. The van der Waals surface area contributed by atoms with E-state index >= 15 is 0 Å². The zero-order valence-corrected chi connectivity index (χ0v) is 12.9. The van der Waals surface area contributed by atoms with Crippen molar-refractivity contribution in [2.75, 3.05) is 7.11 Å². The average Bonchev–Trinajstić information content (AvgIpc) is 2.45. The largest absolute Gasteiger partial charge is 0.497 e. The Morgan fingerprint density at radius 3 is 2.30 bits per heavy atom. The Labute approximate surface area is 121 Å². The van der Waals surface area contributed by atoms with Crippen molar-refractivity contribution in [2.24, 2.45) is 0 Å². The summed E-state index contributed by atoms with van der Waals surface area (Å²) in [7, 11) is 1.66. The van der Waals surface area contributed by atoms with Gasteiger partial charge < -0.3 is 15.4 Å². The quantitative estimate of drug-likeness (QED) is 0.805. The summed E-state index contributed by atoms with van der Waals surface area (Å²) < 4.78 is 5.13. The normalized spacial score (nSPS) is 13.4. The summed E-state index contributed by atoms with van der Waals surface area (Å²) >= 11 is 0. The zero-order valence-electron chi connectivity index (χ0n) is 12.9. The molecule has 2 N–H and O–H groups in total. The van der Waals surface area contributed by atoms with Gasteiger partial charge in [-0.15, -0.1) is 0 Å². The van der Waals surface area contributed by atoms with Gasteiger partial charge in [-0.2, -0.15) is 0 Å². The maximum atomic E-state index is 11.7. The van der Waals surface area contributed by atoms with Gasteiger partial charge in [-0.25, -0.2) is 4.79 Å². The van der Waals surface area contributed by atoms with Crippen LogP contribution in [0.3, 0.4) is 0 Å². The monoisotopic (exact) mass is 278 g/mol. The number of aryl methyl sites for hydroxylation is 1. The lowest BCUT2D eigenvalue weighted by molar-refractivity contribution is 0.233. The van der Waals surface area contributed by atoms with Crippen LogP contribution in [-0.2, 0) is 6.42 Å². The van der Waals surface area contributed by atoms with Crippen LogP contribution in [0.15, 0.2) is 24.3 Å². The minimum atomic E-state index is -0.0819. The molecule has 20 heavy (non-hydrogen) atoms. The van der Waals surface area contributed by atoms with E-state index in [-0.39, 0.29) is 18.1 Å². The van der Waals surface area contributed by atoms with E-state index in [1.807, 2.05) is 26.0 Å². The Kier molecular flexibility index (Phi) is 6.91. The molecule has 2 unspecified atom stereocenters. The molecule has 0 heterocycles. The summed E-state index contributed by atoms with van der Waals surface area (Å²) in [5, 5.41) is 5.87. The Morgan fingerprint density at radius 2 is 1.75 bits per heavy atom. The number of benzene rings is 1. The van der Waals surface area contributed by atoms with Crippen molar-refractivity contribution in [3.63, 3.8) is 0 Å². The van der Waals surface area contributed by atoms with Gasteiger partial charge in [0.2, 0.25) is 0 Å². The van der Waals surface area contributed by atoms with Gasteiger partial charge in [0.15, 0.2) is 0 Å². The number of urea groups is 1. The fraction of sp³-hybridized carbons (Fsp3) is 0.562.